The van der Waals surface area contributed by atoms with Gasteiger partial charge in [0.25, 0.3) is 0 Å². The third-order valence-electron chi connectivity index (χ3n) is 3.65. The van der Waals surface area contributed by atoms with Gasteiger partial charge < -0.3 is 10.6 Å². The monoisotopic (exact) mass is 154 g/mol. The first-order chi connectivity index (χ1) is 5.27. The summed E-state index contributed by atoms with van der Waals surface area (Å²) in [6.07, 6.45) is 3.99. The molecule has 2 heteroatoms. The lowest BCUT2D eigenvalue weighted by molar-refractivity contribution is 0.102. The summed E-state index contributed by atoms with van der Waals surface area (Å²) >= 11 is 0. The van der Waals surface area contributed by atoms with Gasteiger partial charge in [-0.3, -0.25) is 0 Å². The average Bonchev–Trinajstić information content (AvgIpc) is 2.47. The minimum atomic E-state index is 0.513. The van der Waals surface area contributed by atoms with E-state index in [0.717, 1.165) is 0 Å². The first kappa shape index (κ1) is 7.56. The number of nitrogens with two attached hydrogens (primary N) is 1. The zero-order valence-corrected chi connectivity index (χ0v) is 7.34. The molecule has 0 aromatic rings. The van der Waals surface area contributed by atoms with Crippen LogP contribution < -0.4 is 5.73 Å². The normalized spacial score (nSPS) is 44.7. The fourth-order valence-corrected chi connectivity index (χ4v) is 2.48. The van der Waals surface area contributed by atoms with Crippen LogP contribution in [0.5, 0.6) is 0 Å². The lowest BCUT2D eigenvalue weighted by Gasteiger charge is -2.45. The van der Waals surface area contributed by atoms with E-state index in [1.165, 1.54) is 38.9 Å². The molecule has 0 aromatic heterocycles. The van der Waals surface area contributed by atoms with Crippen LogP contribution in [0.2, 0.25) is 0 Å². The molecule has 2 aliphatic rings. The van der Waals surface area contributed by atoms with Crippen molar-refractivity contribution in [2.45, 2.75) is 32.2 Å². The Hall–Kier alpha value is -0.0800. The molecule has 2 unspecified atom stereocenters. The second kappa shape index (κ2) is 2.46. The second-order valence-electron chi connectivity index (χ2n) is 4.13. The molecule has 1 aliphatic heterocycles. The van der Waals surface area contributed by atoms with E-state index in [4.69, 9.17) is 5.73 Å². The molecule has 1 heterocycles. The Morgan fingerprint density at radius 3 is 2.64 bits per heavy atom. The van der Waals surface area contributed by atoms with Gasteiger partial charge in [0.2, 0.25) is 0 Å². The molecule has 0 bridgehead atoms. The largest absolute Gasteiger partial charge is 0.327 e. The van der Waals surface area contributed by atoms with Crippen LogP contribution in [-0.4, -0.2) is 30.6 Å². The molecule has 1 aliphatic carbocycles. The average molecular weight is 154 g/mol. The van der Waals surface area contributed by atoms with Gasteiger partial charge in [0.05, 0.1) is 0 Å². The number of likely N-dealkylation sites (tertiary alicyclic amines) is 1. The summed E-state index contributed by atoms with van der Waals surface area (Å²) in [4.78, 5) is 2.53. The molecule has 64 valence electrons. The highest BCUT2D eigenvalue weighted by Crippen LogP contribution is 2.46. The summed E-state index contributed by atoms with van der Waals surface area (Å²) in [5.41, 5.74) is 6.56. The fourth-order valence-electron chi connectivity index (χ4n) is 2.48. The summed E-state index contributed by atoms with van der Waals surface area (Å²) < 4.78 is 0. The van der Waals surface area contributed by atoms with E-state index < -0.39 is 0 Å². The molecule has 0 aromatic carbocycles. The van der Waals surface area contributed by atoms with E-state index in [0.29, 0.717) is 11.5 Å². The Labute approximate surface area is 68.7 Å². The van der Waals surface area contributed by atoms with E-state index in [1.54, 1.807) is 0 Å². The van der Waals surface area contributed by atoms with Crippen LogP contribution in [0.15, 0.2) is 0 Å². The van der Waals surface area contributed by atoms with E-state index >= 15 is 0 Å². The molecule has 0 amide bonds. The molecule has 2 rings (SSSR count). The minimum Gasteiger partial charge on any atom is -0.327 e. The van der Waals surface area contributed by atoms with E-state index in [-0.39, 0.29) is 0 Å². The Kier molecular flexibility index (Phi) is 1.69. The van der Waals surface area contributed by atoms with E-state index in [9.17, 15) is 0 Å². The van der Waals surface area contributed by atoms with Gasteiger partial charge in [0.1, 0.15) is 0 Å². The highest BCUT2D eigenvalue weighted by molar-refractivity contribution is 5.03. The first-order valence-electron chi connectivity index (χ1n) is 4.75. The van der Waals surface area contributed by atoms with Crippen molar-refractivity contribution in [1.29, 1.82) is 0 Å². The topological polar surface area (TPSA) is 29.3 Å². The smallest absolute Gasteiger partial charge is 0.0108 e. The Morgan fingerprint density at radius 1 is 1.55 bits per heavy atom. The quantitative estimate of drug-likeness (QED) is 0.606. The van der Waals surface area contributed by atoms with Crippen LogP contribution in [0.25, 0.3) is 0 Å². The van der Waals surface area contributed by atoms with Crippen molar-refractivity contribution in [3.05, 3.63) is 0 Å². The third kappa shape index (κ3) is 1.00. The summed E-state index contributed by atoms with van der Waals surface area (Å²) in [6.45, 7) is 5.99. The van der Waals surface area contributed by atoms with Crippen molar-refractivity contribution in [1.82, 2.24) is 4.90 Å². The van der Waals surface area contributed by atoms with Crippen LogP contribution in [-0.2, 0) is 0 Å². The summed E-state index contributed by atoms with van der Waals surface area (Å²) in [6, 6.07) is 0.513. The Bertz CT molecular complexity index is 158. The van der Waals surface area contributed by atoms with Crippen LogP contribution in [0.1, 0.15) is 26.2 Å². The van der Waals surface area contributed by atoms with Crippen molar-refractivity contribution in [2.24, 2.45) is 11.1 Å². The van der Waals surface area contributed by atoms with Gasteiger partial charge in [-0.2, -0.15) is 0 Å². The third-order valence-corrected chi connectivity index (χ3v) is 3.65. The molecule has 11 heavy (non-hydrogen) atoms. The molecule has 2 N–H and O–H groups in total. The summed E-state index contributed by atoms with van der Waals surface area (Å²) in [5.74, 6) is 0. The Morgan fingerprint density at radius 2 is 2.36 bits per heavy atom. The number of rotatable bonds is 1. The van der Waals surface area contributed by atoms with Gasteiger partial charge in [-0.25, -0.2) is 0 Å². The molecule has 2 nitrogen and oxygen atoms in total. The maximum atomic E-state index is 6.01. The van der Waals surface area contributed by atoms with Gasteiger partial charge in [-0.15, -0.1) is 0 Å². The zero-order valence-electron chi connectivity index (χ0n) is 7.34. The van der Waals surface area contributed by atoms with Crippen molar-refractivity contribution in [3.8, 4) is 0 Å². The van der Waals surface area contributed by atoms with Crippen molar-refractivity contribution in [2.75, 3.05) is 19.6 Å². The molecule has 0 radical (unpaired) electrons. The van der Waals surface area contributed by atoms with E-state index in [1.807, 2.05) is 0 Å². The second-order valence-corrected chi connectivity index (χ2v) is 4.13. The van der Waals surface area contributed by atoms with Crippen molar-refractivity contribution < 1.29 is 0 Å². The zero-order chi connectivity index (χ0) is 7.90. The van der Waals surface area contributed by atoms with Gasteiger partial charge in [0.15, 0.2) is 0 Å². The minimum absolute atomic E-state index is 0.513. The standard InChI is InChI=1S/C9H18N2/c1-2-11-6-5-9(7-11)4-3-8(9)10/h8H,2-7,10H2,1H3. The summed E-state index contributed by atoms with van der Waals surface area (Å²) in [7, 11) is 0. The molecule has 1 spiro atoms. The van der Waals surface area contributed by atoms with Gasteiger partial charge in [0, 0.05) is 12.6 Å². The number of nitrogens with zero attached hydrogens (tertiary/aromatic N) is 1. The predicted octanol–water partition coefficient (Wildman–Crippen LogP) is 0.820. The highest BCUT2D eigenvalue weighted by Gasteiger charge is 2.48. The van der Waals surface area contributed by atoms with Gasteiger partial charge in [-0.1, -0.05) is 6.92 Å². The number of hydrogen-bond donors (Lipinski definition) is 1. The molecule has 1 saturated carbocycles. The van der Waals surface area contributed by atoms with Crippen LogP contribution >= 0.6 is 0 Å². The first-order valence-corrected chi connectivity index (χ1v) is 4.75. The fraction of sp³-hybridized carbons (Fsp3) is 1.00. The predicted molar refractivity (Wildman–Crippen MR) is 46.4 cm³/mol. The SMILES string of the molecule is CCN1CCC2(CCC2N)C1. The van der Waals surface area contributed by atoms with Crippen LogP contribution in [0.4, 0.5) is 0 Å². The molecule has 2 fully saturated rings. The number of hydrogen-bond acceptors (Lipinski definition) is 2. The van der Waals surface area contributed by atoms with Crippen LogP contribution in [0, 0.1) is 5.41 Å². The molecular formula is C9H18N2. The molecule has 2 atom stereocenters. The van der Waals surface area contributed by atoms with Crippen LogP contribution in [0.3, 0.4) is 0 Å². The van der Waals surface area contributed by atoms with Crippen molar-refractivity contribution in [3.63, 3.8) is 0 Å². The summed E-state index contributed by atoms with van der Waals surface area (Å²) in [5, 5.41) is 0. The van der Waals surface area contributed by atoms with Gasteiger partial charge in [-0.05, 0) is 37.8 Å². The van der Waals surface area contributed by atoms with Gasteiger partial charge >= 0.3 is 0 Å². The lowest BCUT2D eigenvalue weighted by atomic mass is 9.64. The van der Waals surface area contributed by atoms with E-state index in [2.05, 4.69) is 11.8 Å². The maximum Gasteiger partial charge on any atom is 0.0108 e. The lowest BCUT2D eigenvalue weighted by Crippen LogP contribution is -2.52. The highest BCUT2D eigenvalue weighted by atomic mass is 15.2. The maximum absolute atomic E-state index is 6.01. The molecule has 1 saturated heterocycles. The Balaban J connectivity index is 1.97. The van der Waals surface area contributed by atoms with Crippen molar-refractivity contribution >= 4 is 0 Å². The molecular weight excluding hydrogens is 136 g/mol.